The maximum atomic E-state index is 11.4. The maximum absolute atomic E-state index is 11.4. The van der Waals surface area contributed by atoms with Crippen molar-refractivity contribution in [3.63, 3.8) is 0 Å². The van der Waals surface area contributed by atoms with Gasteiger partial charge < -0.3 is 10.1 Å². The van der Waals surface area contributed by atoms with E-state index in [1.165, 1.54) is 19.4 Å². The lowest BCUT2D eigenvalue weighted by Gasteiger charge is -2.08. The quantitative estimate of drug-likeness (QED) is 0.649. The van der Waals surface area contributed by atoms with Crippen LogP contribution in [-0.4, -0.2) is 24.0 Å². The lowest BCUT2D eigenvalue weighted by atomic mass is 10.2. The van der Waals surface area contributed by atoms with Gasteiger partial charge in [0.05, 0.1) is 24.6 Å². The number of nitrogens with one attached hydrogen (secondary N) is 1. The summed E-state index contributed by atoms with van der Waals surface area (Å²) < 4.78 is 4.57. The summed E-state index contributed by atoms with van der Waals surface area (Å²) in [5.74, 6) is -0.787. The van der Waals surface area contributed by atoms with Crippen molar-refractivity contribution < 1.29 is 14.3 Å². The van der Waals surface area contributed by atoms with Crippen LogP contribution in [0.25, 0.3) is 0 Å². The minimum atomic E-state index is -0.573. The second-order valence-corrected chi connectivity index (χ2v) is 3.33. The molecule has 1 aromatic heterocycles. The zero-order valence-corrected chi connectivity index (χ0v) is 9.67. The molecule has 1 amide bonds. The number of hydrogen-bond acceptors (Lipinski definition) is 4. The van der Waals surface area contributed by atoms with Crippen LogP contribution in [0, 0.1) is 0 Å². The molecule has 0 saturated carbocycles. The van der Waals surface area contributed by atoms with Crippen molar-refractivity contribution in [1.29, 1.82) is 0 Å². The van der Waals surface area contributed by atoms with Crippen molar-refractivity contribution in [2.45, 2.75) is 13.3 Å². The lowest BCUT2D eigenvalue weighted by Crippen LogP contribution is -2.14. The Morgan fingerprint density at radius 3 is 2.81 bits per heavy atom. The number of carbonyl (C=O) groups excluding carboxylic acids is 2. The summed E-state index contributed by atoms with van der Waals surface area (Å²) in [7, 11) is 1.25. The highest BCUT2D eigenvalue weighted by atomic mass is 35.5. The van der Waals surface area contributed by atoms with Crippen LogP contribution in [0.2, 0.25) is 5.15 Å². The molecule has 0 fully saturated rings. The number of ether oxygens (including phenoxy) is 1. The summed E-state index contributed by atoms with van der Waals surface area (Å²) in [4.78, 5) is 26.4. The Bertz CT molecular complexity index is 421. The average molecular weight is 243 g/mol. The normalized spacial score (nSPS) is 9.69. The molecule has 1 N–H and O–H groups in total. The lowest BCUT2D eigenvalue weighted by molar-refractivity contribution is -0.115. The van der Waals surface area contributed by atoms with Gasteiger partial charge in [-0.25, -0.2) is 9.78 Å². The molecule has 1 aromatic rings. The number of rotatable bonds is 3. The van der Waals surface area contributed by atoms with Gasteiger partial charge in [-0.05, 0) is 6.07 Å². The highest BCUT2D eigenvalue weighted by Crippen LogP contribution is 2.19. The molecule has 86 valence electrons. The molecule has 0 unspecified atom stereocenters. The van der Waals surface area contributed by atoms with Crippen molar-refractivity contribution in [3.8, 4) is 0 Å². The van der Waals surface area contributed by atoms with E-state index in [1.807, 2.05) is 0 Å². The fourth-order valence-electron chi connectivity index (χ4n) is 1.05. The molecule has 0 saturated heterocycles. The molecule has 0 radical (unpaired) electrons. The molecule has 0 spiro atoms. The Morgan fingerprint density at radius 1 is 1.56 bits per heavy atom. The molecule has 0 aliphatic carbocycles. The van der Waals surface area contributed by atoms with E-state index in [0.717, 1.165) is 0 Å². The minimum absolute atomic E-state index is 0.162. The number of nitrogens with zero attached hydrogens (tertiary/aromatic N) is 1. The van der Waals surface area contributed by atoms with Gasteiger partial charge in [-0.1, -0.05) is 18.5 Å². The van der Waals surface area contributed by atoms with Crippen molar-refractivity contribution in [1.82, 2.24) is 4.98 Å². The fourth-order valence-corrected chi connectivity index (χ4v) is 1.20. The molecule has 0 aliphatic heterocycles. The molecule has 5 nitrogen and oxygen atoms in total. The van der Waals surface area contributed by atoms with E-state index < -0.39 is 5.97 Å². The van der Waals surface area contributed by atoms with Crippen LogP contribution in [0.15, 0.2) is 12.3 Å². The molecular weight excluding hydrogens is 232 g/mol. The Hall–Kier alpha value is -1.62. The number of halogens is 1. The molecule has 0 atom stereocenters. The van der Waals surface area contributed by atoms with E-state index in [1.54, 1.807) is 6.92 Å². The number of amides is 1. The first kappa shape index (κ1) is 12.4. The third-order valence-corrected chi connectivity index (χ3v) is 2.08. The summed E-state index contributed by atoms with van der Waals surface area (Å²) in [5.41, 5.74) is 0.479. The first-order valence-corrected chi connectivity index (χ1v) is 5.00. The van der Waals surface area contributed by atoms with Gasteiger partial charge in [0.25, 0.3) is 0 Å². The third-order valence-electron chi connectivity index (χ3n) is 1.87. The predicted molar refractivity (Wildman–Crippen MR) is 59.5 cm³/mol. The van der Waals surface area contributed by atoms with Crippen LogP contribution in [0.5, 0.6) is 0 Å². The standard InChI is InChI=1S/C10H11ClN2O3/c1-3-9(14)13-7-5-12-8(11)4-6(7)10(15)16-2/h4-5H,3H2,1-2H3,(H,13,14). The number of pyridine rings is 1. The molecule has 1 heterocycles. The smallest absolute Gasteiger partial charge is 0.340 e. The van der Waals surface area contributed by atoms with Gasteiger partial charge in [-0.15, -0.1) is 0 Å². The predicted octanol–water partition coefficient (Wildman–Crippen LogP) is 1.87. The zero-order chi connectivity index (χ0) is 12.1. The number of esters is 1. The molecule has 16 heavy (non-hydrogen) atoms. The van der Waals surface area contributed by atoms with Gasteiger partial charge in [-0.3, -0.25) is 4.79 Å². The molecular formula is C10H11ClN2O3. The number of carbonyl (C=O) groups is 2. The largest absolute Gasteiger partial charge is 0.465 e. The molecule has 1 rings (SSSR count). The van der Waals surface area contributed by atoms with Crippen LogP contribution in [0.1, 0.15) is 23.7 Å². The van der Waals surface area contributed by atoms with E-state index >= 15 is 0 Å². The summed E-state index contributed by atoms with van der Waals surface area (Å²) >= 11 is 5.66. The number of hydrogen-bond donors (Lipinski definition) is 1. The highest BCUT2D eigenvalue weighted by Gasteiger charge is 2.14. The monoisotopic (exact) mass is 242 g/mol. The Morgan fingerprint density at radius 2 is 2.25 bits per heavy atom. The van der Waals surface area contributed by atoms with Crippen LogP contribution >= 0.6 is 11.6 Å². The van der Waals surface area contributed by atoms with Crippen LogP contribution in [0.4, 0.5) is 5.69 Å². The highest BCUT2D eigenvalue weighted by molar-refractivity contribution is 6.29. The summed E-state index contributed by atoms with van der Waals surface area (Å²) in [5, 5.41) is 2.70. The van der Waals surface area contributed by atoms with Crippen molar-refractivity contribution in [2.24, 2.45) is 0 Å². The first-order valence-electron chi connectivity index (χ1n) is 4.62. The van der Waals surface area contributed by atoms with E-state index in [2.05, 4.69) is 15.0 Å². The van der Waals surface area contributed by atoms with E-state index in [-0.39, 0.29) is 16.6 Å². The first-order chi connectivity index (χ1) is 7.58. The van der Waals surface area contributed by atoms with Gasteiger partial charge in [0.15, 0.2) is 0 Å². The summed E-state index contributed by atoms with van der Waals surface area (Å²) in [6.45, 7) is 1.70. The van der Waals surface area contributed by atoms with E-state index in [9.17, 15) is 9.59 Å². The topological polar surface area (TPSA) is 68.3 Å². The summed E-state index contributed by atoms with van der Waals surface area (Å²) in [6, 6.07) is 1.35. The Kier molecular flexibility index (Phi) is 4.25. The van der Waals surface area contributed by atoms with E-state index in [4.69, 9.17) is 11.6 Å². The average Bonchev–Trinajstić information content (AvgIpc) is 2.30. The van der Waals surface area contributed by atoms with Gasteiger partial charge >= 0.3 is 5.97 Å². The van der Waals surface area contributed by atoms with Gasteiger partial charge in [0, 0.05) is 6.42 Å². The molecule has 0 aromatic carbocycles. The number of methoxy groups -OCH3 is 1. The molecule has 0 aliphatic rings. The van der Waals surface area contributed by atoms with Crippen LogP contribution < -0.4 is 5.32 Å². The third kappa shape index (κ3) is 2.93. The SMILES string of the molecule is CCC(=O)Nc1cnc(Cl)cc1C(=O)OC. The van der Waals surface area contributed by atoms with Gasteiger partial charge in [0.2, 0.25) is 5.91 Å². The van der Waals surface area contributed by atoms with Gasteiger partial charge in [0.1, 0.15) is 5.15 Å². The van der Waals surface area contributed by atoms with Crippen molar-refractivity contribution in [3.05, 3.63) is 23.0 Å². The van der Waals surface area contributed by atoms with Crippen molar-refractivity contribution in [2.75, 3.05) is 12.4 Å². The van der Waals surface area contributed by atoms with Crippen LogP contribution in [0.3, 0.4) is 0 Å². The second kappa shape index (κ2) is 5.46. The molecule has 0 bridgehead atoms. The second-order valence-electron chi connectivity index (χ2n) is 2.95. The Labute approximate surface area is 97.8 Å². The minimum Gasteiger partial charge on any atom is -0.465 e. The fraction of sp³-hybridized carbons (Fsp3) is 0.300. The van der Waals surface area contributed by atoms with E-state index in [0.29, 0.717) is 12.1 Å². The maximum Gasteiger partial charge on any atom is 0.340 e. The molecule has 6 heteroatoms. The van der Waals surface area contributed by atoms with Crippen molar-refractivity contribution >= 4 is 29.2 Å². The summed E-state index contributed by atoms with van der Waals surface area (Å²) in [6.07, 6.45) is 1.63. The van der Waals surface area contributed by atoms with Crippen LogP contribution in [-0.2, 0) is 9.53 Å². The number of anilines is 1. The van der Waals surface area contributed by atoms with Gasteiger partial charge in [-0.2, -0.15) is 0 Å². The number of aromatic nitrogens is 1. The Balaban J connectivity index is 3.07. The zero-order valence-electron chi connectivity index (χ0n) is 8.91.